The minimum atomic E-state index is -0.104. The van der Waals surface area contributed by atoms with Crippen LogP contribution in [0.1, 0.15) is 31.9 Å². The Morgan fingerprint density at radius 3 is 2.57 bits per heavy atom. The Morgan fingerprint density at radius 1 is 1.29 bits per heavy atom. The molecule has 0 fully saturated rings. The molecule has 0 saturated carbocycles. The van der Waals surface area contributed by atoms with Gasteiger partial charge in [0, 0.05) is 32.7 Å². The summed E-state index contributed by atoms with van der Waals surface area (Å²) in [4.78, 5) is 14.1. The van der Waals surface area contributed by atoms with E-state index in [1.165, 1.54) is 11.1 Å². The van der Waals surface area contributed by atoms with Gasteiger partial charge >= 0.3 is 6.03 Å². The number of carbonyl (C=O) groups is 1. The molecule has 1 unspecified atom stereocenters. The molecule has 0 radical (unpaired) electrons. The highest BCUT2D eigenvalue weighted by Crippen LogP contribution is 2.23. The summed E-state index contributed by atoms with van der Waals surface area (Å²) in [6.45, 7) is 9.42. The fourth-order valence-corrected chi connectivity index (χ4v) is 2.73. The van der Waals surface area contributed by atoms with Crippen LogP contribution < -0.4 is 10.6 Å². The van der Waals surface area contributed by atoms with Crippen molar-refractivity contribution in [3.05, 3.63) is 35.4 Å². The fraction of sp³-hybridized carbons (Fsp3) is 0.588. The van der Waals surface area contributed by atoms with Gasteiger partial charge < -0.3 is 10.6 Å². The molecule has 4 nitrogen and oxygen atoms in total. The molecule has 2 amide bonds. The maximum Gasteiger partial charge on any atom is 0.314 e. The van der Waals surface area contributed by atoms with E-state index in [9.17, 15) is 4.79 Å². The molecule has 0 saturated heterocycles. The molecule has 4 heteroatoms. The van der Waals surface area contributed by atoms with Crippen molar-refractivity contribution in [2.75, 3.05) is 20.1 Å². The first-order valence-electron chi connectivity index (χ1n) is 7.67. The van der Waals surface area contributed by atoms with Crippen molar-refractivity contribution in [2.45, 2.75) is 39.8 Å². The molecule has 2 rings (SSSR count). The van der Waals surface area contributed by atoms with Crippen LogP contribution in [0.2, 0.25) is 0 Å². The van der Waals surface area contributed by atoms with Crippen LogP contribution in [0.25, 0.3) is 0 Å². The fourth-order valence-electron chi connectivity index (χ4n) is 2.73. The number of amides is 2. The van der Waals surface area contributed by atoms with Gasteiger partial charge in [-0.3, -0.25) is 4.90 Å². The molecule has 1 aromatic carbocycles. The van der Waals surface area contributed by atoms with Gasteiger partial charge in [-0.25, -0.2) is 4.79 Å². The van der Waals surface area contributed by atoms with E-state index in [0.29, 0.717) is 0 Å². The summed E-state index contributed by atoms with van der Waals surface area (Å²) in [5.41, 5.74) is 2.90. The summed E-state index contributed by atoms with van der Waals surface area (Å²) < 4.78 is 0. The Bertz CT molecular complexity index is 493. The smallest absolute Gasteiger partial charge is 0.314 e. The van der Waals surface area contributed by atoms with E-state index in [1.54, 1.807) is 7.05 Å². The molecule has 1 aliphatic heterocycles. The van der Waals surface area contributed by atoms with E-state index in [-0.39, 0.29) is 17.5 Å². The Morgan fingerprint density at radius 2 is 1.95 bits per heavy atom. The van der Waals surface area contributed by atoms with Crippen molar-refractivity contribution < 1.29 is 4.79 Å². The van der Waals surface area contributed by atoms with Crippen molar-refractivity contribution in [3.8, 4) is 0 Å². The molecule has 1 atom stereocenters. The van der Waals surface area contributed by atoms with Gasteiger partial charge in [-0.15, -0.1) is 0 Å². The van der Waals surface area contributed by atoms with Crippen LogP contribution in [0.5, 0.6) is 0 Å². The summed E-state index contributed by atoms with van der Waals surface area (Å²) in [6.07, 6.45) is 1.09. The number of hydrogen-bond acceptors (Lipinski definition) is 2. The molecule has 0 spiro atoms. The van der Waals surface area contributed by atoms with Gasteiger partial charge in [0.1, 0.15) is 0 Å². The van der Waals surface area contributed by atoms with Crippen LogP contribution in [0, 0.1) is 5.41 Å². The number of benzene rings is 1. The summed E-state index contributed by atoms with van der Waals surface area (Å²) >= 11 is 0. The van der Waals surface area contributed by atoms with Crippen LogP contribution >= 0.6 is 0 Å². The predicted molar refractivity (Wildman–Crippen MR) is 86.3 cm³/mol. The number of fused-ring (bicyclic) bond motifs is 1. The van der Waals surface area contributed by atoms with E-state index in [2.05, 4.69) is 60.6 Å². The van der Waals surface area contributed by atoms with Crippen molar-refractivity contribution in [1.82, 2.24) is 15.5 Å². The maximum atomic E-state index is 11.7. The van der Waals surface area contributed by atoms with Gasteiger partial charge in [0.2, 0.25) is 0 Å². The highest BCUT2D eigenvalue weighted by molar-refractivity contribution is 5.73. The van der Waals surface area contributed by atoms with E-state index in [0.717, 1.165) is 26.1 Å². The van der Waals surface area contributed by atoms with Crippen LogP contribution in [0.4, 0.5) is 4.79 Å². The SMILES string of the molecule is CNC(=O)NC(CN1CCc2ccccc2C1)C(C)(C)C. The van der Waals surface area contributed by atoms with E-state index in [4.69, 9.17) is 0 Å². The lowest BCUT2D eigenvalue weighted by Crippen LogP contribution is -2.53. The standard InChI is InChI=1S/C17H27N3O/c1-17(2,3)15(19-16(21)18-4)12-20-10-9-13-7-5-6-8-14(13)11-20/h5-8,15H,9-12H2,1-4H3,(H2,18,19,21). The molecule has 1 heterocycles. The van der Waals surface area contributed by atoms with Gasteiger partial charge in [0.25, 0.3) is 0 Å². The van der Waals surface area contributed by atoms with Gasteiger partial charge in [-0.05, 0) is 23.0 Å². The van der Waals surface area contributed by atoms with Gasteiger partial charge in [-0.1, -0.05) is 45.0 Å². The first kappa shape index (κ1) is 15.8. The van der Waals surface area contributed by atoms with Gasteiger partial charge in [0.05, 0.1) is 0 Å². The normalized spacial score (nSPS) is 17.0. The Kier molecular flexibility index (Phi) is 4.88. The molecular weight excluding hydrogens is 262 g/mol. The Balaban J connectivity index is 2.03. The molecule has 0 aliphatic carbocycles. The average Bonchev–Trinajstić information content (AvgIpc) is 2.45. The molecule has 2 N–H and O–H groups in total. The molecule has 0 aromatic heterocycles. The van der Waals surface area contributed by atoms with Crippen LogP contribution in [0.15, 0.2) is 24.3 Å². The predicted octanol–water partition coefficient (Wildman–Crippen LogP) is 2.39. The quantitative estimate of drug-likeness (QED) is 0.897. The first-order valence-corrected chi connectivity index (χ1v) is 7.67. The lowest BCUT2D eigenvalue weighted by molar-refractivity contribution is 0.162. The topological polar surface area (TPSA) is 44.4 Å². The second-order valence-electron chi connectivity index (χ2n) is 6.90. The van der Waals surface area contributed by atoms with E-state index < -0.39 is 0 Å². The maximum absolute atomic E-state index is 11.7. The Labute approximate surface area is 127 Å². The van der Waals surface area contributed by atoms with E-state index in [1.807, 2.05) is 0 Å². The minimum Gasteiger partial charge on any atom is -0.341 e. The number of rotatable bonds is 3. The third-order valence-corrected chi connectivity index (χ3v) is 4.23. The number of nitrogens with one attached hydrogen (secondary N) is 2. The van der Waals surface area contributed by atoms with Gasteiger partial charge in [0.15, 0.2) is 0 Å². The lowest BCUT2D eigenvalue weighted by Gasteiger charge is -2.37. The van der Waals surface area contributed by atoms with Crippen molar-refractivity contribution in [2.24, 2.45) is 5.41 Å². The second-order valence-corrected chi connectivity index (χ2v) is 6.90. The first-order chi connectivity index (χ1) is 9.90. The van der Waals surface area contributed by atoms with Crippen LogP contribution in [-0.2, 0) is 13.0 Å². The van der Waals surface area contributed by atoms with Crippen molar-refractivity contribution >= 4 is 6.03 Å². The molecule has 21 heavy (non-hydrogen) atoms. The Hall–Kier alpha value is -1.55. The minimum absolute atomic E-state index is 0.0312. The highest BCUT2D eigenvalue weighted by atomic mass is 16.2. The van der Waals surface area contributed by atoms with Crippen molar-refractivity contribution in [3.63, 3.8) is 0 Å². The summed E-state index contributed by atoms with van der Waals surface area (Å²) in [5.74, 6) is 0. The van der Waals surface area contributed by atoms with Gasteiger partial charge in [-0.2, -0.15) is 0 Å². The molecule has 116 valence electrons. The molecule has 1 aromatic rings. The summed E-state index contributed by atoms with van der Waals surface area (Å²) in [7, 11) is 1.66. The number of hydrogen-bond donors (Lipinski definition) is 2. The molecule has 0 bridgehead atoms. The number of carbonyl (C=O) groups excluding carboxylic acids is 1. The third-order valence-electron chi connectivity index (χ3n) is 4.23. The number of nitrogens with zero attached hydrogens (tertiary/aromatic N) is 1. The zero-order chi connectivity index (χ0) is 15.5. The monoisotopic (exact) mass is 289 g/mol. The largest absolute Gasteiger partial charge is 0.341 e. The average molecular weight is 289 g/mol. The molecular formula is C17H27N3O. The zero-order valence-electron chi connectivity index (χ0n) is 13.6. The van der Waals surface area contributed by atoms with E-state index >= 15 is 0 Å². The number of urea groups is 1. The molecule has 1 aliphatic rings. The summed E-state index contributed by atoms with van der Waals surface area (Å²) in [6, 6.07) is 8.66. The lowest BCUT2D eigenvalue weighted by atomic mass is 9.86. The summed E-state index contributed by atoms with van der Waals surface area (Å²) in [5, 5.41) is 5.74. The van der Waals surface area contributed by atoms with Crippen LogP contribution in [0.3, 0.4) is 0 Å². The van der Waals surface area contributed by atoms with Crippen LogP contribution in [-0.4, -0.2) is 37.1 Å². The highest BCUT2D eigenvalue weighted by Gasteiger charge is 2.29. The third kappa shape index (κ3) is 4.21. The van der Waals surface area contributed by atoms with Crippen molar-refractivity contribution in [1.29, 1.82) is 0 Å². The second kappa shape index (κ2) is 6.48. The zero-order valence-corrected chi connectivity index (χ0v) is 13.6.